The number of carboxylic acids is 1. The molecule has 0 bridgehead atoms. The Kier molecular flexibility index (Phi) is 6.00. The van der Waals surface area contributed by atoms with Gasteiger partial charge in [-0.2, -0.15) is 13.2 Å². The molecule has 0 aliphatic heterocycles. The van der Waals surface area contributed by atoms with Crippen molar-refractivity contribution in [3.8, 4) is 11.5 Å². The van der Waals surface area contributed by atoms with E-state index in [1.54, 1.807) is 12.1 Å². The van der Waals surface area contributed by atoms with Crippen LogP contribution in [-0.4, -0.2) is 29.8 Å². The highest BCUT2D eigenvalue weighted by Gasteiger charge is 2.28. The first-order chi connectivity index (χ1) is 12.2. The summed E-state index contributed by atoms with van der Waals surface area (Å²) in [6.07, 6.45) is -2.09. The summed E-state index contributed by atoms with van der Waals surface area (Å²) in [5.41, 5.74) is 0.824. The van der Waals surface area contributed by atoms with Gasteiger partial charge in [-0.15, -0.1) is 0 Å². The number of carboxylic acid groups (broad SMARTS) is 1. The minimum absolute atomic E-state index is 0.00306. The van der Waals surface area contributed by atoms with Crippen LogP contribution < -0.4 is 9.47 Å². The molecule has 0 aliphatic carbocycles. The molecule has 0 atom stereocenters. The van der Waals surface area contributed by atoms with Crippen LogP contribution in [0.3, 0.4) is 0 Å². The van der Waals surface area contributed by atoms with Crippen LogP contribution in [0.1, 0.15) is 15.9 Å². The largest absolute Gasteiger partial charge is 0.484 e. The summed E-state index contributed by atoms with van der Waals surface area (Å²) in [4.78, 5) is 22.5. The molecule has 0 saturated heterocycles. The van der Waals surface area contributed by atoms with E-state index in [1.165, 1.54) is 42.5 Å². The minimum Gasteiger partial charge on any atom is -0.484 e. The van der Waals surface area contributed by atoms with E-state index in [0.717, 1.165) is 6.08 Å². The number of halogens is 3. The van der Waals surface area contributed by atoms with Crippen LogP contribution in [-0.2, 0) is 4.79 Å². The van der Waals surface area contributed by atoms with Crippen molar-refractivity contribution >= 4 is 18.0 Å². The molecule has 2 rings (SSSR count). The summed E-state index contributed by atoms with van der Waals surface area (Å²) in [5, 5.41) is 8.55. The van der Waals surface area contributed by atoms with Gasteiger partial charge in [-0.05, 0) is 48.0 Å². The molecule has 1 N–H and O–H groups in total. The summed E-state index contributed by atoms with van der Waals surface area (Å²) in [6, 6.07) is 11.2. The third kappa shape index (κ3) is 6.31. The van der Waals surface area contributed by atoms with Crippen molar-refractivity contribution < 1.29 is 37.3 Å². The highest BCUT2D eigenvalue weighted by Crippen LogP contribution is 2.22. The van der Waals surface area contributed by atoms with Crippen LogP contribution in [0.5, 0.6) is 11.5 Å². The zero-order chi connectivity index (χ0) is 19.2. The maximum absolute atomic E-state index is 12.1. The van der Waals surface area contributed by atoms with E-state index < -0.39 is 24.7 Å². The van der Waals surface area contributed by atoms with Crippen molar-refractivity contribution in [1.29, 1.82) is 0 Å². The van der Waals surface area contributed by atoms with Gasteiger partial charge in [0.2, 0.25) is 0 Å². The maximum Gasteiger partial charge on any atom is 0.422 e. The third-order valence-corrected chi connectivity index (χ3v) is 3.00. The van der Waals surface area contributed by atoms with Crippen molar-refractivity contribution in [3.63, 3.8) is 0 Å². The summed E-state index contributed by atoms with van der Waals surface area (Å²) >= 11 is 0. The highest BCUT2D eigenvalue weighted by atomic mass is 19.4. The van der Waals surface area contributed by atoms with E-state index in [-0.39, 0.29) is 17.1 Å². The molecule has 5 nitrogen and oxygen atoms in total. The number of benzene rings is 2. The predicted molar refractivity (Wildman–Crippen MR) is 86.1 cm³/mol. The van der Waals surface area contributed by atoms with E-state index in [1.807, 2.05) is 0 Å². The quantitative estimate of drug-likeness (QED) is 0.476. The summed E-state index contributed by atoms with van der Waals surface area (Å²) in [5.74, 6) is -1.61. The Morgan fingerprint density at radius 3 is 2.08 bits per heavy atom. The van der Waals surface area contributed by atoms with Crippen LogP contribution >= 0.6 is 0 Å². The number of carbonyl (C=O) groups is 2. The number of hydrogen-bond acceptors (Lipinski definition) is 4. The molecule has 0 amide bonds. The number of rotatable bonds is 6. The number of alkyl halides is 3. The van der Waals surface area contributed by atoms with Crippen molar-refractivity contribution in [3.05, 3.63) is 65.7 Å². The summed E-state index contributed by atoms with van der Waals surface area (Å²) < 4.78 is 45.9. The third-order valence-electron chi connectivity index (χ3n) is 3.00. The molecular weight excluding hydrogens is 353 g/mol. The second-order valence-corrected chi connectivity index (χ2v) is 5.06. The zero-order valence-corrected chi connectivity index (χ0v) is 13.2. The van der Waals surface area contributed by atoms with Crippen molar-refractivity contribution in [2.45, 2.75) is 6.18 Å². The first-order valence-corrected chi connectivity index (χ1v) is 7.26. The van der Waals surface area contributed by atoms with Crippen LogP contribution in [0.4, 0.5) is 13.2 Å². The van der Waals surface area contributed by atoms with E-state index in [0.29, 0.717) is 5.56 Å². The number of esters is 1. The fourth-order valence-electron chi connectivity index (χ4n) is 1.83. The molecule has 0 fully saturated rings. The molecule has 0 saturated carbocycles. The SMILES string of the molecule is O=C(O)C=Cc1ccc(C(=O)Oc2ccc(OCC(F)(F)F)cc2)cc1. The van der Waals surface area contributed by atoms with Gasteiger partial charge in [0.05, 0.1) is 5.56 Å². The van der Waals surface area contributed by atoms with Crippen LogP contribution in [0.15, 0.2) is 54.6 Å². The molecule has 0 aliphatic rings. The lowest BCUT2D eigenvalue weighted by Gasteiger charge is -2.09. The Morgan fingerprint density at radius 2 is 1.54 bits per heavy atom. The second-order valence-electron chi connectivity index (χ2n) is 5.06. The van der Waals surface area contributed by atoms with Crippen molar-refractivity contribution in [2.24, 2.45) is 0 Å². The molecule has 136 valence electrons. The van der Waals surface area contributed by atoms with Crippen LogP contribution in [0.2, 0.25) is 0 Å². The molecule has 0 unspecified atom stereocenters. The maximum atomic E-state index is 12.1. The summed E-state index contributed by atoms with van der Waals surface area (Å²) in [6.45, 7) is -1.41. The summed E-state index contributed by atoms with van der Waals surface area (Å²) in [7, 11) is 0. The van der Waals surface area contributed by atoms with Gasteiger partial charge in [-0.1, -0.05) is 12.1 Å². The lowest BCUT2D eigenvalue weighted by Crippen LogP contribution is -2.19. The highest BCUT2D eigenvalue weighted by molar-refractivity contribution is 5.91. The Hall–Kier alpha value is -3.29. The van der Waals surface area contributed by atoms with Gasteiger partial charge in [0, 0.05) is 6.08 Å². The first kappa shape index (κ1) is 19.0. The lowest BCUT2D eigenvalue weighted by molar-refractivity contribution is -0.153. The minimum atomic E-state index is -4.43. The topological polar surface area (TPSA) is 72.8 Å². The van der Waals surface area contributed by atoms with Gasteiger partial charge in [0.1, 0.15) is 11.5 Å². The number of ether oxygens (including phenoxy) is 2. The fourth-order valence-corrected chi connectivity index (χ4v) is 1.83. The van der Waals surface area contributed by atoms with Gasteiger partial charge < -0.3 is 14.6 Å². The fraction of sp³-hybridized carbons (Fsp3) is 0.111. The molecule has 0 spiro atoms. The van der Waals surface area contributed by atoms with Crippen molar-refractivity contribution in [1.82, 2.24) is 0 Å². The smallest absolute Gasteiger partial charge is 0.422 e. The Labute approximate surface area is 146 Å². The Morgan fingerprint density at radius 1 is 0.962 bits per heavy atom. The van der Waals surface area contributed by atoms with E-state index in [4.69, 9.17) is 9.84 Å². The van der Waals surface area contributed by atoms with Gasteiger partial charge in [0.25, 0.3) is 0 Å². The van der Waals surface area contributed by atoms with Gasteiger partial charge in [-0.25, -0.2) is 9.59 Å². The first-order valence-electron chi connectivity index (χ1n) is 7.26. The van der Waals surface area contributed by atoms with E-state index >= 15 is 0 Å². The van der Waals surface area contributed by atoms with Gasteiger partial charge in [0.15, 0.2) is 6.61 Å². The Balaban J connectivity index is 1.95. The monoisotopic (exact) mass is 366 g/mol. The normalized spacial score (nSPS) is 11.3. The average molecular weight is 366 g/mol. The molecule has 26 heavy (non-hydrogen) atoms. The number of hydrogen-bond donors (Lipinski definition) is 1. The lowest BCUT2D eigenvalue weighted by atomic mass is 10.1. The Bertz CT molecular complexity index is 793. The van der Waals surface area contributed by atoms with Crippen LogP contribution in [0, 0.1) is 0 Å². The molecule has 0 heterocycles. The molecule has 8 heteroatoms. The predicted octanol–water partition coefficient (Wildman–Crippen LogP) is 3.94. The molecular formula is C18H13F3O5. The molecule has 2 aromatic carbocycles. The molecule has 0 aromatic heterocycles. The van der Waals surface area contributed by atoms with Gasteiger partial charge >= 0.3 is 18.1 Å². The number of aliphatic carboxylic acids is 1. The second kappa shape index (κ2) is 8.19. The van der Waals surface area contributed by atoms with Gasteiger partial charge in [-0.3, -0.25) is 0 Å². The van der Waals surface area contributed by atoms with E-state index in [2.05, 4.69) is 4.74 Å². The standard InChI is InChI=1S/C18H13F3O5/c19-18(20,21)11-25-14-6-8-15(9-7-14)26-17(24)13-4-1-12(2-5-13)3-10-16(22)23/h1-10H,11H2,(H,22,23). The van der Waals surface area contributed by atoms with E-state index in [9.17, 15) is 22.8 Å². The van der Waals surface area contributed by atoms with Crippen molar-refractivity contribution in [2.75, 3.05) is 6.61 Å². The van der Waals surface area contributed by atoms with Crippen LogP contribution in [0.25, 0.3) is 6.08 Å². The molecule has 2 aromatic rings. The molecule has 0 radical (unpaired) electrons. The average Bonchev–Trinajstić information content (AvgIpc) is 2.59. The zero-order valence-electron chi connectivity index (χ0n) is 13.2. The number of carbonyl (C=O) groups excluding carboxylic acids is 1.